The van der Waals surface area contributed by atoms with E-state index >= 15 is 0 Å². The summed E-state index contributed by atoms with van der Waals surface area (Å²) < 4.78 is 10.8. The van der Waals surface area contributed by atoms with Crippen molar-refractivity contribution in [3.8, 4) is 0 Å². The molecule has 0 saturated carbocycles. The van der Waals surface area contributed by atoms with Gasteiger partial charge in [0.1, 0.15) is 11.7 Å². The lowest BCUT2D eigenvalue weighted by Crippen LogP contribution is -2.46. The Labute approximate surface area is 131 Å². The maximum atomic E-state index is 12.1. The molecule has 2 amide bonds. The fourth-order valence-corrected chi connectivity index (χ4v) is 2.62. The van der Waals surface area contributed by atoms with Gasteiger partial charge in [0.25, 0.3) is 5.91 Å². The van der Waals surface area contributed by atoms with Gasteiger partial charge in [-0.1, -0.05) is 11.6 Å². The number of hydrazine groups is 1. The van der Waals surface area contributed by atoms with Crippen LogP contribution in [-0.4, -0.2) is 24.5 Å². The van der Waals surface area contributed by atoms with Gasteiger partial charge in [0.15, 0.2) is 5.76 Å². The lowest BCUT2D eigenvalue weighted by atomic mass is 10.1. The van der Waals surface area contributed by atoms with E-state index in [1.807, 2.05) is 0 Å². The molecule has 116 valence electrons. The summed E-state index contributed by atoms with van der Waals surface area (Å²) in [6.45, 7) is 2.33. The minimum absolute atomic E-state index is 0.143. The fourth-order valence-electron chi connectivity index (χ4n) is 2.45. The molecular formula is C15H15ClN2O4. The molecule has 2 N–H and O–H groups in total. The molecule has 6 nitrogen and oxygen atoms in total. The van der Waals surface area contributed by atoms with E-state index in [1.165, 1.54) is 0 Å². The molecule has 2 heterocycles. The van der Waals surface area contributed by atoms with E-state index in [0.717, 1.165) is 11.8 Å². The van der Waals surface area contributed by atoms with Gasteiger partial charge in [0.2, 0.25) is 0 Å². The summed E-state index contributed by atoms with van der Waals surface area (Å²) in [5, 5.41) is 1.33. The lowest BCUT2D eigenvalue weighted by Gasteiger charge is -2.10. The smallest absolute Gasteiger partial charge is 0.305 e. The third-order valence-electron chi connectivity index (χ3n) is 3.63. The second kappa shape index (κ2) is 5.98. The molecule has 0 aliphatic carbocycles. The molecular weight excluding hydrogens is 308 g/mol. The predicted octanol–water partition coefficient (Wildman–Crippen LogP) is 2.33. The summed E-state index contributed by atoms with van der Waals surface area (Å²) in [5.41, 5.74) is 5.94. The molecule has 1 aromatic heterocycles. The van der Waals surface area contributed by atoms with Gasteiger partial charge in [0.05, 0.1) is 0 Å². The van der Waals surface area contributed by atoms with Crippen LogP contribution in [-0.2, 0) is 9.53 Å². The number of benzene rings is 1. The molecule has 7 heteroatoms. The van der Waals surface area contributed by atoms with Crippen molar-refractivity contribution in [2.45, 2.75) is 25.9 Å². The highest BCUT2D eigenvalue weighted by Crippen LogP contribution is 2.27. The normalized spacial score (nSPS) is 17.6. The molecule has 1 unspecified atom stereocenters. The zero-order valence-corrected chi connectivity index (χ0v) is 12.7. The van der Waals surface area contributed by atoms with Gasteiger partial charge in [-0.05, 0) is 38.0 Å². The number of hydrogen-bond donors (Lipinski definition) is 2. The Balaban J connectivity index is 1.72. The number of rotatable bonds is 2. The minimum Gasteiger partial charge on any atom is -0.451 e. The number of hydrogen-bond acceptors (Lipinski definition) is 4. The van der Waals surface area contributed by atoms with E-state index in [9.17, 15) is 9.59 Å². The van der Waals surface area contributed by atoms with Crippen LogP contribution in [0, 0.1) is 6.92 Å². The second-order valence-corrected chi connectivity index (χ2v) is 5.58. The summed E-state index contributed by atoms with van der Waals surface area (Å²) in [6.07, 6.45) is 0.996. The van der Waals surface area contributed by atoms with Gasteiger partial charge in [-0.3, -0.25) is 20.4 Å². The Bertz CT molecular complexity index is 734. The van der Waals surface area contributed by atoms with Crippen molar-refractivity contribution in [3.05, 3.63) is 34.5 Å². The number of carbonyl (C=O) groups excluding carboxylic acids is 2. The number of ether oxygens (including phenoxy) is 1. The molecule has 1 saturated heterocycles. The minimum atomic E-state index is -0.517. The number of furan rings is 1. The lowest BCUT2D eigenvalue weighted by molar-refractivity contribution is -0.130. The molecule has 0 radical (unpaired) electrons. The first kappa shape index (κ1) is 14.9. The van der Waals surface area contributed by atoms with Crippen molar-refractivity contribution in [2.24, 2.45) is 0 Å². The molecule has 1 aliphatic rings. The highest BCUT2D eigenvalue weighted by molar-refractivity contribution is 6.31. The fraction of sp³-hybridized carbons (Fsp3) is 0.333. The molecule has 1 aromatic carbocycles. The van der Waals surface area contributed by atoms with Crippen LogP contribution in [0.15, 0.2) is 22.6 Å². The van der Waals surface area contributed by atoms with Crippen molar-refractivity contribution >= 4 is 34.4 Å². The zero-order valence-electron chi connectivity index (χ0n) is 11.9. The van der Waals surface area contributed by atoms with Gasteiger partial charge in [-0.15, -0.1) is 0 Å². The Morgan fingerprint density at radius 3 is 2.86 bits per heavy atom. The van der Waals surface area contributed by atoms with Crippen LogP contribution in [0.25, 0.3) is 11.0 Å². The monoisotopic (exact) mass is 322 g/mol. The predicted molar refractivity (Wildman–Crippen MR) is 80.5 cm³/mol. The average Bonchev–Trinajstić information content (AvgIpc) is 3.14. The number of halogens is 1. The highest BCUT2D eigenvalue weighted by Gasteiger charge is 2.25. The molecule has 22 heavy (non-hydrogen) atoms. The Morgan fingerprint density at radius 2 is 2.14 bits per heavy atom. The number of aryl methyl sites for hydroxylation is 1. The number of amides is 2. The number of fused-ring (bicyclic) bond motifs is 1. The van der Waals surface area contributed by atoms with Crippen LogP contribution in [0.2, 0.25) is 5.02 Å². The standard InChI is InChI=1S/C15H15ClN2O4/c1-8-10-7-9(16)4-5-11(10)22-13(8)15(20)18-17-14(19)12-3-2-6-21-12/h4-5,7,12H,2-3,6H2,1H3,(H,17,19)(H,18,20). The van der Waals surface area contributed by atoms with Gasteiger partial charge in [-0.2, -0.15) is 0 Å². The third-order valence-corrected chi connectivity index (χ3v) is 3.86. The van der Waals surface area contributed by atoms with Crippen LogP contribution < -0.4 is 10.9 Å². The van der Waals surface area contributed by atoms with Crippen molar-refractivity contribution < 1.29 is 18.7 Å². The van der Waals surface area contributed by atoms with E-state index < -0.39 is 12.0 Å². The van der Waals surface area contributed by atoms with Gasteiger partial charge >= 0.3 is 5.91 Å². The summed E-state index contributed by atoms with van der Waals surface area (Å²) in [4.78, 5) is 23.9. The highest BCUT2D eigenvalue weighted by atomic mass is 35.5. The molecule has 1 atom stereocenters. The van der Waals surface area contributed by atoms with Crippen LogP contribution >= 0.6 is 11.6 Å². The molecule has 3 rings (SSSR count). The first-order valence-corrected chi connectivity index (χ1v) is 7.34. The summed E-state index contributed by atoms with van der Waals surface area (Å²) in [7, 11) is 0. The quantitative estimate of drug-likeness (QED) is 0.832. The summed E-state index contributed by atoms with van der Waals surface area (Å²) in [6, 6.07) is 5.12. The molecule has 2 aromatic rings. The van der Waals surface area contributed by atoms with E-state index in [-0.39, 0.29) is 11.7 Å². The maximum absolute atomic E-state index is 12.1. The molecule has 1 aliphatic heterocycles. The van der Waals surface area contributed by atoms with E-state index in [0.29, 0.717) is 29.2 Å². The number of carbonyl (C=O) groups is 2. The second-order valence-electron chi connectivity index (χ2n) is 5.14. The zero-order chi connectivity index (χ0) is 15.7. The van der Waals surface area contributed by atoms with E-state index in [2.05, 4.69) is 10.9 Å². The summed E-state index contributed by atoms with van der Waals surface area (Å²) in [5.74, 6) is -0.733. The van der Waals surface area contributed by atoms with E-state index in [4.69, 9.17) is 20.8 Å². The Morgan fingerprint density at radius 1 is 1.32 bits per heavy atom. The van der Waals surface area contributed by atoms with Crippen molar-refractivity contribution in [1.82, 2.24) is 10.9 Å². The molecule has 0 spiro atoms. The summed E-state index contributed by atoms with van der Waals surface area (Å²) >= 11 is 5.94. The van der Waals surface area contributed by atoms with Crippen LogP contribution in [0.4, 0.5) is 0 Å². The first-order valence-electron chi connectivity index (χ1n) is 6.96. The Hall–Kier alpha value is -2.05. The Kier molecular flexibility index (Phi) is 4.04. The van der Waals surface area contributed by atoms with E-state index in [1.54, 1.807) is 25.1 Å². The largest absolute Gasteiger partial charge is 0.451 e. The molecule has 1 fully saturated rings. The van der Waals surface area contributed by atoms with Crippen LogP contribution in [0.1, 0.15) is 29.0 Å². The van der Waals surface area contributed by atoms with Crippen molar-refractivity contribution in [1.29, 1.82) is 0 Å². The topological polar surface area (TPSA) is 80.6 Å². The van der Waals surface area contributed by atoms with Gasteiger partial charge in [-0.25, -0.2) is 0 Å². The SMILES string of the molecule is Cc1c(C(=O)NNC(=O)C2CCCO2)oc2ccc(Cl)cc12. The van der Waals surface area contributed by atoms with Crippen LogP contribution in [0.3, 0.4) is 0 Å². The number of nitrogens with one attached hydrogen (secondary N) is 2. The molecule has 0 bridgehead atoms. The van der Waals surface area contributed by atoms with Gasteiger partial charge < -0.3 is 9.15 Å². The third kappa shape index (κ3) is 2.80. The average molecular weight is 323 g/mol. The van der Waals surface area contributed by atoms with Crippen LogP contribution in [0.5, 0.6) is 0 Å². The van der Waals surface area contributed by atoms with Crippen molar-refractivity contribution in [3.63, 3.8) is 0 Å². The first-order chi connectivity index (χ1) is 10.6. The maximum Gasteiger partial charge on any atom is 0.305 e. The van der Waals surface area contributed by atoms with Gasteiger partial charge in [0, 0.05) is 22.6 Å². The van der Waals surface area contributed by atoms with Crippen molar-refractivity contribution in [2.75, 3.05) is 6.61 Å².